The molecule has 0 saturated carbocycles. The van der Waals surface area contributed by atoms with Crippen molar-refractivity contribution in [1.29, 1.82) is 0 Å². The predicted octanol–water partition coefficient (Wildman–Crippen LogP) is 1.37. The molecule has 116 valence electrons. The van der Waals surface area contributed by atoms with Crippen LogP contribution in [0.2, 0.25) is 0 Å². The first-order valence-corrected chi connectivity index (χ1v) is 7.58. The molecular weight excluding hydrogens is 266 g/mol. The van der Waals surface area contributed by atoms with Crippen LogP contribution in [0.3, 0.4) is 0 Å². The monoisotopic (exact) mass is 291 g/mol. The van der Waals surface area contributed by atoms with E-state index in [9.17, 15) is 4.79 Å². The summed E-state index contributed by atoms with van der Waals surface area (Å²) in [5.74, 6) is 0.758. The Morgan fingerprint density at radius 3 is 2.62 bits per heavy atom. The summed E-state index contributed by atoms with van der Waals surface area (Å²) >= 11 is 0. The Kier molecular flexibility index (Phi) is 5.44. The number of nitrogen functional groups attached to an aromatic ring is 1. The van der Waals surface area contributed by atoms with Gasteiger partial charge in [0.1, 0.15) is 5.75 Å². The van der Waals surface area contributed by atoms with Crippen LogP contribution in [0.4, 0.5) is 5.69 Å². The average molecular weight is 291 g/mol. The number of nitrogens with zero attached hydrogens (tertiary/aromatic N) is 2. The molecule has 5 heteroatoms. The molecule has 1 aliphatic heterocycles. The van der Waals surface area contributed by atoms with Crippen LogP contribution in [-0.4, -0.2) is 55.0 Å². The van der Waals surface area contributed by atoms with Gasteiger partial charge in [-0.05, 0) is 38.0 Å². The molecule has 0 spiro atoms. The van der Waals surface area contributed by atoms with E-state index in [4.69, 9.17) is 10.5 Å². The fraction of sp³-hybridized carbons (Fsp3) is 0.562. The maximum absolute atomic E-state index is 10.7. The zero-order valence-corrected chi connectivity index (χ0v) is 12.9. The largest absolute Gasteiger partial charge is 0.492 e. The SMILES string of the molecule is CCOc1ccc(CC(C)N2CCN(C=O)CC2)cc1N. The van der Waals surface area contributed by atoms with Crippen molar-refractivity contribution >= 4 is 12.1 Å². The van der Waals surface area contributed by atoms with Gasteiger partial charge in [-0.15, -0.1) is 0 Å². The fourth-order valence-corrected chi connectivity index (χ4v) is 2.77. The normalized spacial score (nSPS) is 17.5. The van der Waals surface area contributed by atoms with E-state index in [2.05, 4.69) is 17.9 Å². The van der Waals surface area contributed by atoms with Crippen molar-refractivity contribution in [3.63, 3.8) is 0 Å². The number of nitrogens with two attached hydrogens (primary N) is 1. The number of anilines is 1. The Bertz CT molecular complexity index is 471. The lowest BCUT2D eigenvalue weighted by atomic mass is 10.0. The molecule has 0 radical (unpaired) electrons. The molecule has 1 aromatic rings. The van der Waals surface area contributed by atoms with Gasteiger partial charge in [0.05, 0.1) is 12.3 Å². The molecule has 0 bridgehead atoms. The fourth-order valence-electron chi connectivity index (χ4n) is 2.77. The number of ether oxygens (including phenoxy) is 1. The van der Waals surface area contributed by atoms with Gasteiger partial charge in [0.2, 0.25) is 6.41 Å². The summed E-state index contributed by atoms with van der Waals surface area (Å²) in [6, 6.07) is 6.48. The van der Waals surface area contributed by atoms with Gasteiger partial charge < -0.3 is 15.4 Å². The molecule has 1 saturated heterocycles. The maximum atomic E-state index is 10.7. The van der Waals surface area contributed by atoms with Crippen LogP contribution in [-0.2, 0) is 11.2 Å². The van der Waals surface area contributed by atoms with Crippen molar-refractivity contribution in [3.05, 3.63) is 23.8 Å². The number of hydrogen-bond acceptors (Lipinski definition) is 4. The molecule has 0 aliphatic carbocycles. The first-order valence-electron chi connectivity index (χ1n) is 7.58. The van der Waals surface area contributed by atoms with E-state index in [1.165, 1.54) is 5.56 Å². The molecule has 21 heavy (non-hydrogen) atoms. The van der Waals surface area contributed by atoms with E-state index < -0.39 is 0 Å². The summed E-state index contributed by atoms with van der Waals surface area (Å²) in [6.07, 6.45) is 1.90. The third kappa shape index (κ3) is 4.11. The van der Waals surface area contributed by atoms with Gasteiger partial charge in [-0.3, -0.25) is 9.69 Å². The highest BCUT2D eigenvalue weighted by atomic mass is 16.5. The van der Waals surface area contributed by atoms with Gasteiger partial charge >= 0.3 is 0 Å². The molecule has 1 fully saturated rings. The molecule has 1 aromatic carbocycles. The molecule has 1 unspecified atom stereocenters. The quantitative estimate of drug-likeness (QED) is 0.635. The van der Waals surface area contributed by atoms with Crippen LogP contribution in [0.25, 0.3) is 0 Å². The van der Waals surface area contributed by atoms with Crippen LogP contribution in [0.5, 0.6) is 5.75 Å². The zero-order chi connectivity index (χ0) is 15.2. The van der Waals surface area contributed by atoms with Crippen molar-refractivity contribution in [2.24, 2.45) is 0 Å². The van der Waals surface area contributed by atoms with Gasteiger partial charge in [0.15, 0.2) is 0 Å². The summed E-state index contributed by atoms with van der Waals surface area (Å²) in [5, 5.41) is 0. The van der Waals surface area contributed by atoms with E-state index >= 15 is 0 Å². The van der Waals surface area contributed by atoms with E-state index in [1.807, 2.05) is 24.0 Å². The van der Waals surface area contributed by atoms with Gasteiger partial charge in [-0.1, -0.05) is 6.07 Å². The van der Waals surface area contributed by atoms with Crippen molar-refractivity contribution in [3.8, 4) is 5.75 Å². The Balaban J connectivity index is 1.92. The summed E-state index contributed by atoms with van der Waals surface area (Å²) in [4.78, 5) is 15.0. The van der Waals surface area contributed by atoms with Crippen LogP contribution in [0.15, 0.2) is 18.2 Å². The highest BCUT2D eigenvalue weighted by molar-refractivity contribution is 5.54. The Morgan fingerprint density at radius 1 is 1.33 bits per heavy atom. The molecule has 1 amide bonds. The molecular formula is C16H25N3O2. The van der Waals surface area contributed by atoms with Crippen LogP contribution in [0, 0.1) is 0 Å². The lowest BCUT2D eigenvalue weighted by molar-refractivity contribution is -0.120. The topological polar surface area (TPSA) is 58.8 Å². The molecule has 1 heterocycles. The summed E-state index contributed by atoms with van der Waals surface area (Å²) in [7, 11) is 0. The lowest BCUT2D eigenvalue weighted by Gasteiger charge is -2.36. The van der Waals surface area contributed by atoms with Gasteiger partial charge in [-0.2, -0.15) is 0 Å². The van der Waals surface area contributed by atoms with E-state index in [0.29, 0.717) is 18.3 Å². The minimum Gasteiger partial charge on any atom is -0.492 e. The molecule has 5 nitrogen and oxygen atoms in total. The van der Waals surface area contributed by atoms with Gasteiger partial charge in [0.25, 0.3) is 0 Å². The Morgan fingerprint density at radius 2 is 2.05 bits per heavy atom. The Labute approximate surface area is 126 Å². The van der Waals surface area contributed by atoms with Crippen molar-refractivity contribution in [2.45, 2.75) is 26.3 Å². The number of benzene rings is 1. The third-order valence-electron chi connectivity index (χ3n) is 4.03. The van der Waals surface area contributed by atoms with Crippen molar-refractivity contribution in [1.82, 2.24) is 9.80 Å². The second-order valence-electron chi connectivity index (χ2n) is 5.54. The Hall–Kier alpha value is -1.75. The maximum Gasteiger partial charge on any atom is 0.209 e. The molecule has 2 rings (SSSR count). The smallest absolute Gasteiger partial charge is 0.209 e. The minimum absolute atomic E-state index is 0.441. The first-order chi connectivity index (χ1) is 10.1. The third-order valence-corrected chi connectivity index (χ3v) is 4.03. The average Bonchev–Trinajstić information content (AvgIpc) is 2.50. The molecule has 1 atom stereocenters. The first kappa shape index (κ1) is 15.6. The standard InChI is InChI=1S/C16H25N3O2/c1-3-21-16-5-4-14(11-15(16)17)10-13(2)19-8-6-18(12-20)7-9-19/h4-5,11-13H,3,6-10,17H2,1-2H3. The van der Waals surface area contributed by atoms with E-state index in [0.717, 1.165) is 44.8 Å². The number of rotatable bonds is 6. The molecule has 2 N–H and O–H groups in total. The van der Waals surface area contributed by atoms with Crippen molar-refractivity contribution in [2.75, 3.05) is 38.5 Å². The summed E-state index contributed by atoms with van der Waals surface area (Å²) in [5.41, 5.74) is 7.94. The van der Waals surface area contributed by atoms with E-state index in [1.54, 1.807) is 0 Å². The van der Waals surface area contributed by atoms with Crippen LogP contribution in [0.1, 0.15) is 19.4 Å². The van der Waals surface area contributed by atoms with Gasteiger partial charge in [0, 0.05) is 32.2 Å². The number of carbonyl (C=O) groups is 1. The minimum atomic E-state index is 0.441. The van der Waals surface area contributed by atoms with Crippen LogP contribution < -0.4 is 10.5 Å². The number of carbonyl (C=O) groups excluding carboxylic acids is 1. The summed E-state index contributed by atoms with van der Waals surface area (Å²) in [6.45, 7) is 8.32. The molecule has 0 aromatic heterocycles. The predicted molar refractivity (Wildman–Crippen MR) is 84.4 cm³/mol. The molecule has 1 aliphatic rings. The number of piperazine rings is 1. The summed E-state index contributed by atoms with van der Waals surface area (Å²) < 4.78 is 5.46. The van der Waals surface area contributed by atoms with E-state index in [-0.39, 0.29) is 0 Å². The highest BCUT2D eigenvalue weighted by Crippen LogP contribution is 2.23. The highest BCUT2D eigenvalue weighted by Gasteiger charge is 2.20. The second kappa shape index (κ2) is 7.31. The number of hydrogen-bond donors (Lipinski definition) is 1. The zero-order valence-electron chi connectivity index (χ0n) is 12.9. The van der Waals surface area contributed by atoms with Crippen molar-refractivity contribution < 1.29 is 9.53 Å². The van der Waals surface area contributed by atoms with Gasteiger partial charge in [-0.25, -0.2) is 0 Å². The van der Waals surface area contributed by atoms with Crippen LogP contribution >= 0.6 is 0 Å². The number of amides is 1. The second-order valence-corrected chi connectivity index (χ2v) is 5.54. The lowest BCUT2D eigenvalue weighted by Crippen LogP contribution is -2.49.